The van der Waals surface area contributed by atoms with Crippen LogP contribution >= 0.6 is 11.8 Å². The van der Waals surface area contributed by atoms with Crippen LogP contribution in [0.1, 0.15) is 30.5 Å². The molecule has 0 saturated carbocycles. The normalized spacial score (nSPS) is 11.9. The fourth-order valence-electron chi connectivity index (χ4n) is 2.06. The van der Waals surface area contributed by atoms with Crippen LogP contribution in [0, 0.1) is 6.92 Å². The highest BCUT2D eigenvalue weighted by Crippen LogP contribution is 2.40. The number of rotatable bonds is 0. The van der Waals surface area contributed by atoms with Gasteiger partial charge in [0.05, 0.1) is 0 Å². The van der Waals surface area contributed by atoms with Crippen molar-refractivity contribution in [3.05, 3.63) is 59.2 Å². The van der Waals surface area contributed by atoms with Crippen molar-refractivity contribution in [1.82, 2.24) is 0 Å². The summed E-state index contributed by atoms with van der Waals surface area (Å²) in [7, 11) is 0. The maximum Gasteiger partial charge on any atom is 0.0160 e. The lowest BCUT2D eigenvalue weighted by Crippen LogP contribution is -2.01. The zero-order valence-electron chi connectivity index (χ0n) is 10.7. The zero-order valence-corrected chi connectivity index (χ0v) is 11.5. The molecule has 0 aliphatic carbocycles. The number of aryl methyl sites for hydroxylation is 1. The van der Waals surface area contributed by atoms with E-state index in [1.54, 1.807) is 0 Å². The van der Waals surface area contributed by atoms with E-state index in [-0.39, 0.29) is 0 Å². The van der Waals surface area contributed by atoms with Crippen molar-refractivity contribution in [3.8, 4) is 0 Å². The van der Waals surface area contributed by atoms with Crippen molar-refractivity contribution < 1.29 is 0 Å². The highest BCUT2D eigenvalue weighted by Gasteiger charge is 2.16. The summed E-state index contributed by atoms with van der Waals surface area (Å²) in [6.45, 7) is 6.20. The average Bonchev–Trinajstić information content (AvgIpc) is 2.40. The molecule has 1 aliphatic rings. The van der Waals surface area contributed by atoms with Crippen LogP contribution in [-0.2, 0) is 6.42 Å². The molecule has 0 unspecified atom stereocenters. The van der Waals surface area contributed by atoms with Crippen LogP contribution < -0.4 is 0 Å². The summed E-state index contributed by atoms with van der Waals surface area (Å²) in [6.07, 6.45) is 1.09. The van der Waals surface area contributed by atoms with E-state index in [2.05, 4.69) is 49.4 Å². The van der Waals surface area contributed by atoms with Crippen molar-refractivity contribution in [3.63, 3.8) is 0 Å². The van der Waals surface area contributed by atoms with Gasteiger partial charge in [-0.05, 0) is 42.2 Å². The van der Waals surface area contributed by atoms with E-state index in [4.69, 9.17) is 0 Å². The quantitative estimate of drug-likeness (QED) is 0.530. The molecule has 0 N–H and O–H groups in total. The molecular formula is C16H18S. The number of hydrogen-bond donors (Lipinski definition) is 0. The Balaban J connectivity index is 0.000000514. The lowest BCUT2D eigenvalue weighted by Gasteiger charge is -2.20. The van der Waals surface area contributed by atoms with Gasteiger partial charge in [0, 0.05) is 9.79 Å². The third-order valence-electron chi connectivity index (χ3n) is 2.93. The monoisotopic (exact) mass is 242 g/mol. The van der Waals surface area contributed by atoms with Crippen LogP contribution in [0.4, 0.5) is 0 Å². The molecule has 1 heterocycles. The van der Waals surface area contributed by atoms with Gasteiger partial charge < -0.3 is 0 Å². The van der Waals surface area contributed by atoms with E-state index >= 15 is 0 Å². The van der Waals surface area contributed by atoms with Crippen molar-refractivity contribution in [2.24, 2.45) is 0 Å². The molecule has 3 rings (SSSR count). The Hall–Kier alpha value is -1.21. The minimum Gasteiger partial charge on any atom is -0.0895 e. The topological polar surface area (TPSA) is 0 Å². The molecule has 0 nitrogen and oxygen atoms in total. The van der Waals surface area contributed by atoms with E-state index in [9.17, 15) is 0 Å². The van der Waals surface area contributed by atoms with Gasteiger partial charge in [0.25, 0.3) is 0 Å². The number of benzene rings is 2. The van der Waals surface area contributed by atoms with Crippen LogP contribution in [0.3, 0.4) is 0 Å². The summed E-state index contributed by atoms with van der Waals surface area (Å²) >= 11 is 1.90. The molecule has 88 valence electrons. The predicted molar refractivity (Wildman–Crippen MR) is 75.9 cm³/mol. The molecule has 2 aromatic carbocycles. The van der Waals surface area contributed by atoms with Crippen LogP contribution in [0.2, 0.25) is 0 Å². The van der Waals surface area contributed by atoms with Crippen LogP contribution in [0.15, 0.2) is 52.3 Å². The van der Waals surface area contributed by atoms with Crippen molar-refractivity contribution in [1.29, 1.82) is 0 Å². The molecule has 0 amide bonds. The van der Waals surface area contributed by atoms with Gasteiger partial charge in [-0.2, -0.15) is 0 Å². The van der Waals surface area contributed by atoms with Crippen molar-refractivity contribution >= 4 is 11.8 Å². The molecule has 1 aliphatic heterocycles. The summed E-state index contributed by atoms with van der Waals surface area (Å²) in [6, 6.07) is 15.3. The Bertz CT molecular complexity index is 515. The van der Waals surface area contributed by atoms with Gasteiger partial charge in [-0.15, -0.1) is 0 Å². The second-order valence-electron chi connectivity index (χ2n) is 3.94. The van der Waals surface area contributed by atoms with E-state index in [0.29, 0.717) is 0 Å². The first-order valence-corrected chi connectivity index (χ1v) is 7.00. The smallest absolute Gasteiger partial charge is 0.0160 e. The first-order valence-electron chi connectivity index (χ1n) is 6.19. The first kappa shape index (κ1) is 12.3. The second-order valence-corrected chi connectivity index (χ2v) is 5.02. The second kappa shape index (κ2) is 5.42. The first-order chi connectivity index (χ1) is 8.34. The minimum atomic E-state index is 1.09. The maximum absolute atomic E-state index is 2.23. The molecule has 0 aromatic heterocycles. The van der Waals surface area contributed by atoms with Gasteiger partial charge in [-0.1, -0.05) is 55.9 Å². The van der Waals surface area contributed by atoms with Gasteiger partial charge in [0.1, 0.15) is 0 Å². The van der Waals surface area contributed by atoms with E-state index < -0.39 is 0 Å². The molecule has 17 heavy (non-hydrogen) atoms. The average molecular weight is 242 g/mol. The molecule has 1 heteroatoms. The molecule has 0 saturated heterocycles. The Morgan fingerprint density at radius 3 is 2.41 bits per heavy atom. The van der Waals surface area contributed by atoms with E-state index in [0.717, 1.165) is 6.42 Å². The molecule has 0 radical (unpaired) electrons. The summed E-state index contributed by atoms with van der Waals surface area (Å²) in [4.78, 5) is 2.84. The molecule has 0 fully saturated rings. The fourth-order valence-corrected chi connectivity index (χ4v) is 3.21. The third kappa shape index (κ3) is 2.39. The van der Waals surface area contributed by atoms with Crippen LogP contribution in [0.5, 0.6) is 0 Å². The predicted octanol–water partition coefficient (Wildman–Crippen LogP) is 5.08. The zero-order chi connectivity index (χ0) is 12.3. The Morgan fingerprint density at radius 1 is 0.882 bits per heavy atom. The van der Waals surface area contributed by atoms with Crippen molar-refractivity contribution in [2.45, 2.75) is 37.0 Å². The third-order valence-corrected chi connectivity index (χ3v) is 4.15. The van der Waals surface area contributed by atoms with Gasteiger partial charge >= 0.3 is 0 Å². The molecular weight excluding hydrogens is 224 g/mol. The molecule has 2 aromatic rings. The van der Waals surface area contributed by atoms with Crippen LogP contribution in [0.25, 0.3) is 0 Å². The number of hydrogen-bond acceptors (Lipinski definition) is 1. The molecule has 0 atom stereocenters. The van der Waals surface area contributed by atoms with Gasteiger partial charge in [0.2, 0.25) is 0 Å². The summed E-state index contributed by atoms with van der Waals surface area (Å²) < 4.78 is 0. The number of fused-ring (bicyclic) bond motifs is 2. The highest BCUT2D eigenvalue weighted by molar-refractivity contribution is 7.99. The van der Waals surface area contributed by atoms with Crippen molar-refractivity contribution in [2.75, 3.05) is 0 Å². The minimum absolute atomic E-state index is 1.09. The summed E-state index contributed by atoms with van der Waals surface area (Å²) in [5.41, 5.74) is 4.38. The standard InChI is InChI=1S/C14H12S.C2H6/c1-10-5-4-8-14-12(10)9-11-6-2-3-7-13(11)15-14;1-2/h2-8H,9H2,1H3;1-2H3. The Morgan fingerprint density at radius 2 is 1.59 bits per heavy atom. The summed E-state index contributed by atoms with van der Waals surface area (Å²) in [5.74, 6) is 0. The van der Waals surface area contributed by atoms with E-state index in [1.807, 2.05) is 25.6 Å². The lowest BCUT2D eigenvalue weighted by atomic mass is 10.00. The fraction of sp³-hybridized carbons (Fsp3) is 0.250. The van der Waals surface area contributed by atoms with Gasteiger partial charge in [-0.25, -0.2) is 0 Å². The SMILES string of the molecule is CC.Cc1cccc2c1Cc1ccccc1S2. The van der Waals surface area contributed by atoms with E-state index in [1.165, 1.54) is 26.5 Å². The van der Waals surface area contributed by atoms with Crippen LogP contribution in [-0.4, -0.2) is 0 Å². The Labute approximate surface area is 108 Å². The van der Waals surface area contributed by atoms with Gasteiger partial charge in [-0.3, -0.25) is 0 Å². The lowest BCUT2D eigenvalue weighted by molar-refractivity contribution is 1.03. The molecule has 0 spiro atoms. The molecule has 0 bridgehead atoms. The maximum atomic E-state index is 2.23. The summed E-state index contributed by atoms with van der Waals surface area (Å²) in [5, 5.41) is 0. The largest absolute Gasteiger partial charge is 0.0895 e. The van der Waals surface area contributed by atoms with Gasteiger partial charge in [0.15, 0.2) is 0 Å². The Kier molecular flexibility index (Phi) is 3.90. The highest BCUT2D eigenvalue weighted by atomic mass is 32.2.